The molecule has 76 valence electrons. The van der Waals surface area contributed by atoms with Gasteiger partial charge in [-0.25, -0.2) is 9.78 Å². The smallest absolute Gasteiger partial charge is 0.343 e. The molecule has 0 amide bonds. The van der Waals surface area contributed by atoms with E-state index >= 15 is 0 Å². The molecule has 0 aliphatic heterocycles. The first kappa shape index (κ1) is 10.3. The van der Waals surface area contributed by atoms with Crippen molar-refractivity contribution in [1.29, 1.82) is 0 Å². The summed E-state index contributed by atoms with van der Waals surface area (Å²) in [5.41, 5.74) is 6.13. The van der Waals surface area contributed by atoms with Gasteiger partial charge in [-0.05, 0) is 13.0 Å². The summed E-state index contributed by atoms with van der Waals surface area (Å²) in [4.78, 5) is 15.2. The minimum Gasteiger partial charge on any atom is -0.477 e. The molecule has 0 bridgehead atoms. The molecule has 1 rings (SSSR count). The Bertz CT molecular complexity index is 339. The van der Waals surface area contributed by atoms with Crippen LogP contribution in [0.25, 0.3) is 0 Å². The van der Waals surface area contributed by atoms with E-state index in [-0.39, 0.29) is 11.4 Å². The Hall–Kier alpha value is -1.78. The van der Waals surface area contributed by atoms with Gasteiger partial charge in [0.1, 0.15) is 5.56 Å². The van der Waals surface area contributed by atoms with Crippen LogP contribution in [0.3, 0.4) is 0 Å². The van der Waals surface area contributed by atoms with Crippen LogP contribution >= 0.6 is 0 Å². The number of carbonyl (C=O) groups is 1. The van der Waals surface area contributed by atoms with E-state index in [9.17, 15) is 4.79 Å². The van der Waals surface area contributed by atoms with E-state index in [1.54, 1.807) is 6.92 Å². The van der Waals surface area contributed by atoms with Gasteiger partial charge in [-0.1, -0.05) is 0 Å². The number of esters is 1. The van der Waals surface area contributed by atoms with E-state index in [1.165, 1.54) is 19.4 Å². The van der Waals surface area contributed by atoms with Crippen molar-refractivity contribution in [3.05, 3.63) is 17.8 Å². The zero-order chi connectivity index (χ0) is 10.6. The predicted molar refractivity (Wildman–Crippen MR) is 51.2 cm³/mol. The number of anilines is 1. The van der Waals surface area contributed by atoms with E-state index < -0.39 is 5.97 Å². The monoisotopic (exact) mass is 196 g/mol. The Kier molecular flexibility index (Phi) is 3.28. The van der Waals surface area contributed by atoms with E-state index in [0.717, 1.165) is 0 Å². The summed E-state index contributed by atoms with van der Waals surface area (Å²) < 4.78 is 9.71. The third kappa shape index (κ3) is 2.12. The van der Waals surface area contributed by atoms with E-state index in [1.807, 2.05) is 0 Å². The summed E-state index contributed by atoms with van der Waals surface area (Å²) in [6, 6.07) is 1.48. The topological polar surface area (TPSA) is 74.4 Å². The molecule has 0 aliphatic carbocycles. The highest BCUT2D eigenvalue weighted by atomic mass is 16.5. The molecule has 0 aromatic carbocycles. The van der Waals surface area contributed by atoms with Crippen LogP contribution in [0.1, 0.15) is 17.3 Å². The summed E-state index contributed by atoms with van der Waals surface area (Å²) in [5.74, 6) is -0.262. The number of hydrogen-bond acceptors (Lipinski definition) is 5. The standard InChI is InChI=1S/C9H12N2O3/c1-3-14-8-7(9(12)13-2)4-6(10)5-11-8/h4-5H,3,10H2,1-2H3. The molecular weight excluding hydrogens is 184 g/mol. The van der Waals surface area contributed by atoms with Crippen molar-refractivity contribution in [2.75, 3.05) is 19.5 Å². The first-order chi connectivity index (χ1) is 6.69. The molecule has 0 saturated heterocycles. The predicted octanol–water partition coefficient (Wildman–Crippen LogP) is 0.849. The van der Waals surface area contributed by atoms with Gasteiger partial charge in [-0.3, -0.25) is 0 Å². The molecule has 2 N–H and O–H groups in total. The van der Waals surface area contributed by atoms with Crippen LogP contribution in [0, 0.1) is 0 Å². The van der Waals surface area contributed by atoms with Crippen LogP contribution in [0.5, 0.6) is 5.88 Å². The Morgan fingerprint density at radius 3 is 2.93 bits per heavy atom. The lowest BCUT2D eigenvalue weighted by molar-refractivity contribution is 0.0595. The molecule has 0 radical (unpaired) electrons. The lowest BCUT2D eigenvalue weighted by Crippen LogP contribution is -2.08. The van der Waals surface area contributed by atoms with Gasteiger partial charge in [0.15, 0.2) is 0 Å². The van der Waals surface area contributed by atoms with Crippen LogP contribution in [0.2, 0.25) is 0 Å². The second kappa shape index (κ2) is 4.45. The van der Waals surface area contributed by atoms with Crippen LogP contribution in [-0.2, 0) is 4.74 Å². The van der Waals surface area contributed by atoms with Gasteiger partial charge in [-0.2, -0.15) is 0 Å². The molecule has 5 heteroatoms. The highest BCUT2D eigenvalue weighted by Gasteiger charge is 2.14. The lowest BCUT2D eigenvalue weighted by Gasteiger charge is -2.07. The fraction of sp³-hybridized carbons (Fsp3) is 0.333. The maximum Gasteiger partial charge on any atom is 0.343 e. The van der Waals surface area contributed by atoms with Crippen LogP contribution in [0.4, 0.5) is 5.69 Å². The number of ether oxygens (including phenoxy) is 2. The number of pyridine rings is 1. The number of nitrogen functional groups attached to an aromatic ring is 1. The number of nitrogens with zero attached hydrogens (tertiary/aromatic N) is 1. The van der Waals surface area contributed by atoms with Crippen molar-refractivity contribution < 1.29 is 14.3 Å². The third-order valence-electron chi connectivity index (χ3n) is 1.56. The fourth-order valence-electron chi connectivity index (χ4n) is 0.976. The molecule has 1 heterocycles. The average Bonchev–Trinajstić information content (AvgIpc) is 2.20. The number of nitrogens with two attached hydrogens (primary N) is 1. The molecule has 0 spiro atoms. The largest absolute Gasteiger partial charge is 0.477 e. The van der Waals surface area contributed by atoms with Gasteiger partial charge in [0.2, 0.25) is 5.88 Å². The minimum atomic E-state index is -0.506. The van der Waals surface area contributed by atoms with E-state index in [4.69, 9.17) is 10.5 Å². The Morgan fingerprint density at radius 1 is 1.64 bits per heavy atom. The first-order valence-electron chi connectivity index (χ1n) is 4.15. The molecule has 1 aromatic rings. The van der Waals surface area contributed by atoms with Crippen molar-refractivity contribution >= 4 is 11.7 Å². The number of carbonyl (C=O) groups excluding carboxylic acids is 1. The zero-order valence-electron chi connectivity index (χ0n) is 8.11. The van der Waals surface area contributed by atoms with Gasteiger partial charge in [0.05, 0.1) is 25.6 Å². The number of aromatic nitrogens is 1. The highest BCUT2D eigenvalue weighted by molar-refractivity contribution is 5.92. The summed E-state index contributed by atoms with van der Waals surface area (Å²) in [7, 11) is 1.29. The molecular formula is C9H12N2O3. The second-order valence-electron chi connectivity index (χ2n) is 2.55. The van der Waals surface area contributed by atoms with Crippen molar-refractivity contribution in [3.63, 3.8) is 0 Å². The van der Waals surface area contributed by atoms with Gasteiger partial charge < -0.3 is 15.2 Å². The van der Waals surface area contributed by atoms with Crippen molar-refractivity contribution in [1.82, 2.24) is 4.98 Å². The van der Waals surface area contributed by atoms with Gasteiger partial charge in [0.25, 0.3) is 0 Å². The molecule has 0 saturated carbocycles. The number of rotatable bonds is 3. The zero-order valence-corrected chi connectivity index (χ0v) is 8.11. The Labute approximate surface area is 81.8 Å². The summed E-state index contributed by atoms with van der Waals surface area (Å²) in [6.07, 6.45) is 1.43. The SMILES string of the molecule is CCOc1ncc(N)cc1C(=O)OC. The van der Waals surface area contributed by atoms with Crippen LogP contribution in [0.15, 0.2) is 12.3 Å². The van der Waals surface area contributed by atoms with E-state index in [0.29, 0.717) is 12.3 Å². The molecule has 0 aliphatic rings. The quantitative estimate of drug-likeness (QED) is 0.725. The molecule has 14 heavy (non-hydrogen) atoms. The first-order valence-corrected chi connectivity index (χ1v) is 4.15. The molecule has 0 fully saturated rings. The minimum absolute atomic E-state index is 0.244. The van der Waals surface area contributed by atoms with Gasteiger partial charge >= 0.3 is 5.97 Å². The summed E-state index contributed by atoms with van der Waals surface area (Å²) in [5, 5.41) is 0. The number of hydrogen-bond donors (Lipinski definition) is 1. The number of methoxy groups -OCH3 is 1. The van der Waals surface area contributed by atoms with Crippen LogP contribution in [-0.4, -0.2) is 24.7 Å². The molecule has 5 nitrogen and oxygen atoms in total. The molecule has 1 aromatic heterocycles. The van der Waals surface area contributed by atoms with Crippen molar-refractivity contribution in [3.8, 4) is 5.88 Å². The maximum atomic E-state index is 11.3. The molecule has 0 atom stereocenters. The van der Waals surface area contributed by atoms with E-state index in [2.05, 4.69) is 9.72 Å². The normalized spacial score (nSPS) is 9.57. The average molecular weight is 196 g/mol. The molecule has 0 unspecified atom stereocenters. The van der Waals surface area contributed by atoms with Crippen LogP contribution < -0.4 is 10.5 Å². The lowest BCUT2D eigenvalue weighted by atomic mass is 10.2. The third-order valence-corrected chi connectivity index (χ3v) is 1.56. The van der Waals surface area contributed by atoms with Gasteiger partial charge in [0, 0.05) is 0 Å². The highest BCUT2D eigenvalue weighted by Crippen LogP contribution is 2.18. The second-order valence-corrected chi connectivity index (χ2v) is 2.55. The Morgan fingerprint density at radius 2 is 2.36 bits per heavy atom. The summed E-state index contributed by atoms with van der Waals surface area (Å²) >= 11 is 0. The van der Waals surface area contributed by atoms with Crippen molar-refractivity contribution in [2.24, 2.45) is 0 Å². The van der Waals surface area contributed by atoms with Gasteiger partial charge in [-0.15, -0.1) is 0 Å². The fourth-order valence-corrected chi connectivity index (χ4v) is 0.976. The Balaban J connectivity index is 3.08. The van der Waals surface area contributed by atoms with Crippen molar-refractivity contribution in [2.45, 2.75) is 6.92 Å². The summed E-state index contributed by atoms with van der Waals surface area (Å²) in [6.45, 7) is 2.24. The maximum absolute atomic E-state index is 11.3.